The molecule has 0 unspecified atom stereocenters. The Morgan fingerprint density at radius 2 is 2.05 bits per heavy atom. The Morgan fingerprint density at radius 1 is 1.29 bits per heavy atom. The molecule has 5 heteroatoms. The molecule has 116 valence electrons. The van der Waals surface area contributed by atoms with Gasteiger partial charge in [0.25, 0.3) is 0 Å². The van der Waals surface area contributed by atoms with Gasteiger partial charge in [-0.25, -0.2) is 0 Å². The number of ether oxygens (including phenoxy) is 2. The number of fused-ring (bicyclic) bond motifs is 1. The lowest BCUT2D eigenvalue weighted by Gasteiger charge is -2.22. The highest BCUT2D eigenvalue weighted by atomic mass is 16.7. The molecule has 1 aromatic carbocycles. The Hall–Kier alpha value is -1.75. The largest absolute Gasteiger partial charge is 0.481 e. The second kappa shape index (κ2) is 7.31. The van der Waals surface area contributed by atoms with Crippen LogP contribution in [0, 0.1) is 5.92 Å². The van der Waals surface area contributed by atoms with Gasteiger partial charge in [0.05, 0.1) is 6.42 Å². The highest BCUT2D eigenvalue weighted by Crippen LogP contribution is 2.32. The molecule has 0 spiro atoms. The van der Waals surface area contributed by atoms with Gasteiger partial charge in [-0.1, -0.05) is 19.9 Å². The van der Waals surface area contributed by atoms with E-state index in [0.29, 0.717) is 12.5 Å². The minimum Gasteiger partial charge on any atom is -0.481 e. The van der Waals surface area contributed by atoms with Crippen molar-refractivity contribution in [2.24, 2.45) is 5.92 Å². The summed E-state index contributed by atoms with van der Waals surface area (Å²) in [5, 5.41) is 8.87. The normalized spacial score (nSPS) is 13.1. The first kappa shape index (κ1) is 15.6. The maximum atomic E-state index is 10.8. The lowest BCUT2D eigenvalue weighted by atomic mass is 10.1. The van der Waals surface area contributed by atoms with E-state index in [4.69, 9.17) is 14.6 Å². The van der Waals surface area contributed by atoms with E-state index in [-0.39, 0.29) is 13.2 Å². The summed E-state index contributed by atoms with van der Waals surface area (Å²) in [5.41, 5.74) is 1.12. The number of hydrogen-bond donors (Lipinski definition) is 1. The summed E-state index contributed by atoms with van der Waals surface area (Å²) in [6, 6.07) is 5.90. The molecule has 0 aromatic heterocycles. The predicted molar refractivity (Wildman–Crippen MR) is 79.5 cm³/mol. The Balaban J connectivity index is 1.97. The molecule has 0 radical (unpaired) electrons. The summed E-state index contributed by atoms with van der Waals surface area (Å²) >= 11 is 0. The SMILES string of the molecule is CC(C)CCN(CCC(=O)O)Cc1ccc2c(c1)OCO2. The summed E-state index contributed by atoms with van der Waals surface area (Å²) in [4.78, 5) is 13.0. The van der Waals surface area contributed by atoms with Crippen molar-refractivity contribution in [3.05, 3.63) is 23.8 Å². The smallest absolute Gasteiger partial charge is 0.304 e. The van der Waals surface area contributed by atoms with E-state index in [9.17, 15) is 4.79 Å². The number of nitrogens with zero attached hydrogens (tertiary/aromatic N) is 1. The standard InChI is InChI=1S/C16H23NO4/c1-12(2)5-7-17(8-6-16(18)19)10-13-3-4-14-15(9-13)21-11-20-14/h3-4,9,12H,5-8,10-11H2,1-2H3,(H,18,19). The Morgan fingerprint density at radius 3 is 2.76 bits per heavy atom. The third-order valence-electron chi connectivity index (χ3n) is 3.51. The molecule has 0 atom stereocenters. The van der Waals surface area contributed by atoms with E-state index in [2.05, 4.69) is 18.7 Å². The van der Waals surface area contributed by atoms with Gasteiger partial charge in [-0.3, -0.25) is 9.69 Å². The highest BCUT2D eigenvalue weighted by molar-refractivity contribution is 5.66. The summed E-state index contributed by atoms with van der Waals surface area (Å²) in [6.07, 6.45) is 1.23. The average molecular weight is 293 g/mol. The highest BCUT2D eigenvalue weighted by Gasteiger charge is 2.15. The minimum absolute atomic E-state index is 0.169. The van der Waals surface area contributed by atoms with E-state index in [1.165, 1.54) is 0 Å². The molecule has 1 heterocycles. The van der Waals surface area contributed by atoms with Gasteiger partial charge in [0.1, 0.15) is 0 Å². The number of benzene rings is 1. The van der Waals surface area contributed by atoms with E-state index in [1.807, 2.05) is 18.2 Å². The van der Waals surface area contributed by atoms with Crippen molar-refractivity contribution >= 4 is 5.97 Å². The summed E-state index contributed by atoms with van der Waals surface area (Å²) in [7, 11) is 0. The fourth-order valence-electron chi connectivity index (χ4n) is 2.26. The number of hydrogen-bond acceptors (Lipinski definition) is 4. The molecule has 5 nitrogen and oxygen atoms in total. The first-order valence-corrected chi connectivity index (χ1v) is 7.37. The molecule has 0 bridgehead atoms. The van der Waals surface area contributed by atoms with Gasteiger partial charge in [0, 0.05) is 13.1 Å². The van der Waals surface area contributed by atoms with Crippen LogP contribution in [0.2, 0.25) is 0 Å². The zero-order valence-corrected chi connectivity index (χ0v) is 12.7. The van der Waals surface area contributed by atoms with Gasteiger partial charge in [0.2, 0.25) is 6.79 Å². The van der Waals surface area contributed by atoms with Crippen molar-refractivity contribution in [1.82, 2.24) is 4.90 Å². The lowest BCUT2D eigenvalue weighted by Crippen LogP contribution is -2.28. The maximum Gasteiger partial charge on any atom is 0.304 e. The zero-order chi connectivity index (χ0) is 15.2. The summed E-state index contributed by atoms with van der Waals surface area (Å²) in [6.45, 7) is 6.83. The Labute approximate surface area is 125 Å². The minimum atomic E-state index is -0.754. The van der Waals surface area contributed by atoms with Gasteiger partial charge in [0.15, 0.2) is 11.5 Å². The third kappa shape index (κ3) is 4.93. The van der Waals surface area contributed by atoms with Crippen molar-refractivity contribution in [2.75, 3.05) is 19.9 Å². The van der Waals surface area contributed by atoms with Crippen molar-refractivity contribution in [1.29, 1.82) is 0 Å². The van der Waals surface area contributed by atoms with Crippen LogP contribution in [-0.4, -0.2) is 35.9 Å². The molecule has 1 aliphatic heterocycles. The molecule has 0 amide bonds. The maximum absolute atomic E-state index is 10.8. The molecule has 1 N–H and O–H groups in total. The van der Waals surface area contributed by atoms with Crippen LogP contribution in [0.1, 0.15) is 32.3 Å². The number of carboxylic acids is 1. The molecule has 0 saturated heterocycles. The van der Waals surface area contributed by atoms with Gasteiger partial charge in [-0.15, -0.1) is 0 Å². The van der Waals surface area contributed by atoms with Crippen LogP contribution < -0.4 is 9.47 Å². The molecular weight excluding hydrogens is 270 g/mol. The quantitative estimate of drug-likeness (QED) is 0.798. The van der Waals surface area contributed by atoms with Crippen molar-refractivity contribution < 1.29 is 19.4 Å². The number of aliphatic carboxylic acids is 1. The van der Waals surface area contributed by atoms with Crippen molar-refractivity contribution in [2.45, 2.75) is 33.2 Å². The second-order valence-electron chi connectivity index (χ2n) is 5.79. The predicted octanol–water partition coefficient (Wildman–Crippen LogP) is 2.74. The molecule has 1 aliphatic rings. The Bertz CT molecular complexity index is 487. The molecule has 1 aromatic rings. The van der Waals surface area contributed by atoms with E-state index in [1.54, 1.807) is 0 Å². The fraction of sp³-hybridized carbons (Fsp3) is 0.562. The summed E-state index contributed by atoms with van der Waals surface area (Å²) < 4.78 is 10.7. The summed E-state index contributed by atoms with van der Waals surface area (Å²) in [5.74, 6) is 1.40. The van der Waals surface area contributed by atoms with E-state index in [0.717, 1.165) is 36.6 Å². The molecular formula is C16H23NO4. The lowest BCUT2D eigenvalue weighted by molar-refractivity contribution is -0.137. The van der Waals surface area contributed by atoms with Gasteiger partial charge < -0.3 is 14.6 Å². The van der Waals surface area contributed by atoms with Gasteiger partial charge in [-0.05, 0) is 36.6 Å². The fourth-order valence-corrected chi connectivity index (χ4v) is 2.26. The second-order valence-corrected chi connectivity index (χ2v) is 5.79. The molecule has 0 aliphatic carbocycles. The molecule has 0 fully saturated rings. The van der Waals surface area contributed by atoms with E-state index >= 15 is 0 Å². The van der Waals surface area contributed by atoms with E-state index < -0.39 is 5.97 Å². The molecule has 2 rings (SSSR count). The first-order valence-electron chi connectivity index (χ1n) is 7.37. The van der Waals surface area contributed by atoms with Crippen molar-refractivity contribution in [3.8, 4) is 11.5 Å². The van der Waals surface area contributed by atoms with Gasteiger partial charge in [-0.2, -0.15) is 0 Å². The monoisotopic (exact) mass is 293 g/mol. The Kier molecular flexibility index (Phi) is 5.44. The average Bonchev–Trinajstić information content (AvgIpc) is 2.89. The topological polar surface area (TPSA) is 59.0 Å². The third-order valence-corrected chi connectivity index (χ3v) is 3.51. The van der Waals surface area contributed by atoms with Crippen LogP contribution in [0.25, 0.3) is 0 Å². The van der Waals surface area contributed by atoms with Crippen LogP contribution in [0.5, 0.6) is 11.5 Å². The molecule has 21 heavy (non-hydrogen) atoms. The van der Waals surface area contributed by atoms with Crippen LogP contribution in [0.4, 0.5) is 0 Å². The number of carboxylic acid groups (broad SMARTS) is 1. The number of rotatable bonds is 8. The first-order chi connectivity index (χ1) is 10.0. The van der Waals surface area contributed by atoms with Gasteiger partial charge >= 0.3 is 5.97 Å². The van der Waals surface area contributed by atoms with Crippen LogP contribution >= 0.6 is 0 Å². The van der Waals surface area contributed by atoms with Crippen molar-refractivity contribution in [3.63, 3.8) is 0 Å². The van der Waals surface area contributed by atoms with Crippen LogP contribution in [0.3, 0.4) is 0 Å². The number of carbonyl (C=O) groups is 1. The van der Waals surface area contributed by atoms with Crippen LogP contribution in [0.15, 0.2) is 18.2 Å². The zero-order valence-electron chi connectivity index (χ0n) is 12.7. The molecule has 0 saturated carbocycles. The van der Waals surface area contributed by atoms with Crippen LogP contribution in [-0.2, 0) is 11.3 Å².